The first kappa shape index (κ1) is 9.28. The van der Waals surface area contributed by atoms with Gasteiger partial charge in [-0.1, -0.05) is 0 Å². The molecular weight excluding hydrogens is 310 g/mol. The molecule has 2 radical (unpaired) electrons. The van der Waals surface area contributed by atoms with Crippen molar-refractivity contribution in [3.8, 4) is 0 Å². The van der Waals surface area contributed by atoms with Gasteiger partial charge in [0.15, 0.2) is 0 Å². The zero-order valence-corrected chi connectivity index (χ0v) is 7.17. The van der Waals surface area contributed by atoms with Gasteiger partial charge in [0.2, 0.25) is 0 Å². The molecule has 5 heteroatoms. The molecule has 5 heavy (non-hydrogen) atoms. The average molecular weight is 310 g/mol. The maximum absolute atomic E-state index is 8.41. The summed E-state index contributed by atoms with van der Waals surface area (Å²) in [5, 5.41) is 0. The molecule has 29 valence electrons. The number of rotatable bonds is 0. The Bertz CT molecular complexity index is 36.2. The molecule has 0 bridgehead atoms. The summed E-state index contributed by atoms with van der Waals surface area (Å²) in [6.07, 6.45) is 0. The van der Waals surface area contributed by atoms with Crippen molar-refractivity contribution in [2.45, 2.75) is 0 Å². The fourth-order valence-electron chi connectivity index (χ4n) is 0. The zero-order valence-electron chi connectivity index (χ0n) is 2.10. The van der Waals surface area contributed by atoms with Gasteiger partial charge in [0.05, 0.1) is 0 Å². The molecule has 0 unspecified atom stereocenters. The Morgan fingerprint density at radius 1 is 1.20 bits per heavy atom. The van der Waals surface area contributed by atoms with Gasteiger partial charge in [-0.3, -0.25) is 0 Å². The predicted octanol–water partition coefficient (Wildman–Crippen LogP) is -0.740. The van der Waals surface area contributed by atoms with Crippen molar-refractivity contribution in [2.75, 3.05) is 0 Å². The van der Waals surface area contributed by atoms with E-state index in [4.69, 9.17) is 10.4 Å². The van der Waals surface area contributed by atoms with Crippen LogP contribution in [0, 0.1) is 0 Å². The van der Waals surface area contributed by atoms with Crippen LogP contribution >= 0.6 is 0 Å². The SMILES string of the molecule is [O]=[Mn]=[O].[O]=[Pb]. The van der Waals surface area contributed by atoms with Crippen LogP contribution in [0.4, 0.5) is 0 Å². The molecule has 0 aliphatic rings. The molecule has 0 fully saturated rings. The van der Waals surface area contributed by atoms with Crippen molar-refractivity contribution in [3.05, 3.63) is 0 Å². The van der Waals surface area contributed by atoms with Gasteiger partial charge >= 0.3 is 51.0 Å². The van der Waals surface area contributed by atoms with E-state index in [0.29, 0.717) is 0 Å². The fraction of sp³-hybridized carbons (Fsp3) is 0. The summed E-state index contributed by atoms with van der Waals surface area (Å²) in [4.78, 5) is 0. The molecule has 0 aromatic rings. The molecule has 0 aliphatic heterocycles. The van der Waals surface area contributed by atoms with E-state index in [-0.39, 0.29) is 25.8 Å². The molecular formula is MnO3Pb. The Hall–Kier alpha value is 0.842. The van der Waals surface area contributed by atoms with E-state index in [1.807, 2.05) is 0 Å². The second-order valence-electron chi connectivity index (χ2n) is 0.0630. The zero-order chi connectivity index (χ0) is 4.71. The van der Waals surface area contributed by atoms with Crippen molar-refractivity contribution in [1.29, 1.82) is 0 Å². The summed E-state index contributed by atoms with van der Waals surface area (Å²) in [6.45, 7) is 0. The van der Waals surface area contributed by atoms with Gasteiger partial charge < -0.3 is 0 Å². The summed E-state index contributed by atoms with van der Waals surface area (Å²) in [5.74, 6) is 0. The number of hydrogen-bond donors (Lipinski definition) is 0. The van der Waals surface area contributed by atoms with Gasteiger partial charge in [-0.15, -0.1) is 0 Å². The average Bonchev–Trinajstić information content (AvgIpc) is 1.46. The van der Waals surface area contributed by atoms with Gasteiger partial charge in [-0.05, 0) is 0 Å². The Kier molecular flexibility index (Phi) is 39.1. The van der Waals surface area contributed by atoms with E-state index in [9.17, 15) is 0 Å². The molecule has 0 spiro atoms. The summed E-state index contributed by atoms with van der Waals surface area (Å²) < 4.78 is 25.2. The van der Waals surface area contributed by atoms with Gasteiger partial charge in [0, 0.05) is 0 Å². The van der Waals surface area contributed by atoms with Crippen molar-refractivity contribution in [3.63, 3.8) is 0 Å². The van der Waals surface area contributed by atoms with Crippen LogP contribution in [0.2, 0.25) is 0 Å². The summed E-state index contributed by atoms with van der Waals surface area (Å²) in [7, 11) is 0. The fourth-order valence-corrected chi connectivity index (χ4v) is 0. The Morgan fingerprint density at radius 2 is 1.20 bits per heavy atom. The predicted molar refractivity (Wildman–Crippen MR) is 7.81 cm³/mol. The molecule has 0 amide bonds. The molecule has 0 atom stereocenters. The minimum absolute atomic E-state index is 0.0556. The van der Waals surface area contributed by atoms with Crippen molar-refractivity contribution < 1.29 is 25.2 Å². The third-order valence-electron chi connectivity index (χ3n) is 0. The first-order chi connectivity index (χ1) is 2.41. The van der Waals surface area contributed by atoms with Crippen LogP contribution in [0.1, 0.15) is 0 Å². The third kappa shape index (κ3) is 55.2. The molecule has 0 aromatic heterocycles. The van der Waals surface area contributed by atoms with E-state index in [2.05, 4.69) is 0 Å². The van der Waals surface area contributed by atoms with Crippen LogP contribution in [0.15, 0.2) is 0 Å². The van der Waals surface area contributed by atoms with Gasteiger partial charge in [-0.25, -0.2) is 0 Å². The van der Waals surface area contributed by atoms with E-state index in [0.717, 1.165) is 0 Å². The number of hydrogen-bond acceptors (Lipinski definition) is 3. The van der Waals surface area contributed by atoms with Crippen molar-refractivity contribution in [1.82, 2.24) is 0 Å². The van der Waals surface area contributed by atoms with E-state index >= 15 is 0 Å². The molecule has 0 heterocycles. The van der Waals surface area contributed by atoms with Gasteiger partial charge in [-0.2, -0.15) is 0 Å². The summed E-state index contributed by atoms with van der Waals surface area (Å²) in [6, 6.07) is 0. The molecule has 0 rings (SSSR count). The molecule has 0 saturated heterocycles. The van der Waals surface area contributed by atoms with Crippen molar-refractivity contribution >= 4 is 25.8 Å². The quantitative estimate of drug-likeness (QED) is 0.554. The summed E-state index contributed by atoms with van der Waals surface area (Å²) in [5.41, 5.74) is 0. The third-order valence-corrected chi connectivity index (χ3v) is 0. The first-order valence-corrected chi connectivity index (χ1v) is 3.06. The summed E-state index contributed by atoms with van der Waals surface area (Å²) >= 11 is -1.38. The Labute approximate surface area is 50.8 Å². The minimum atomic E-state index is -1.44. The first-order valence-electron chi connectivity index (χ1n) is 0.513. The molecule has 0 aliphatic carbocycles. The topological polar surface area (TPSA) is 51.2 Å². The maximum atomic E-state index is 8.41. The van der Waals surface area contributed by atoms with Crippen LogP contribution in [0.5, 0.6) is 0 Å². The van der Waals surface area contributed by atoms with Crippen LogP contribution in [-0.2, 0) is 25.2 Å². The Balaban J connectivity index is 0. The van der Waals surface area contributed by atoms with Crippen LogP contribution in [-0.4, -0.2) is 25.8 Å². The standard InChI is InChI=1S/Mn.3O.Pb. The van der Waals surface area contributed by atoms with E-state index in [1.165, 1.54) is 0 Å². The van der Waals surface area contributed by atoms with Crippen molar-refractivity contribution in [2.24, 2.45) is 0 Å². The molecule has 3 nitrogen and oxygen atoms in total. The Morgan fingerprint density at radius 3 is 1.20 bits per heavy atom. The van der Waals surface area contributed by atoms with Crippen LogP contribution in [0.3, 0.4) is 0 Å². The monoisotopic (exact) mass is 311 g/mol. The molecule has 0 N–H and O–H groups in total. The molecule has 0 saturated carbocycles. The molecule has 0 aromatic carbocycles. The van der Waals surface area contributed by atoms with E-state index in [1.54, 1.807) is 0 Å². The van der Waals surface area contributed by atoms with Gasteiger partial charge in [0.1, 0.15) is 0 Å². The second-order valence-corrected chi connectivity index (χ2v) is 0.260. The van der Waals surface area contributed by atoms with E-state index < -0.39 is 14.8 Å². The van der Waals surface area contributed by atoms with Crippen LogP contribution in [0.25, 0.3) is 0 Å². The second kappa shape index (κ2) is 21.1. The van der Waals surface area contributed by atoms with Crippen LogP contribution < -0.4 is 0 Å². The normalized spacial score (nSPS) is 3.20. The van der Waals surface area contributed by atoms with Gasteiger partial charge in [0.25, 0.3) is 0 Å².